The Kier molecular flexibility index (Phi) is 12.2. The molecule has 4 nitrogen and oxygen atoms in total. The van der Waals surface area contributed by atoms with E-state index in [1.807, 2.05) is 146 Å². The molecular weight excluding hydrogens is 1190 g/mol. The van der Waals surface area contributed by atoms with E-state index in [9.17, 15) is 0 Å². The van der Waals surface area contributed by atoms with Crippen LogP contribution in [0.25, 0.3) is 176 Å². The standard InChI is InChI=1S/C76H36F8N4.Zn/c77-49-17-45(18-50(78)33-49)65-69-57-25-37-9-1-2-10-38(37)26-58(57)70(85-69)66(46-19-51(79)34-52(80)20-46)72-61-29-41-13-5-6-14-42(41)30-62(61)74(87-72)68(48-23-55(83)36-56(84)24-48)76-64-32-44-16-8-7-15-43(44)31-63(64)75(88-76)67(47-21-53(81)35-54(82)22-47)73-60-28-40-12-4-3-11-39(40)27-59(60)71(65)86-73;/h1-36H;/q-2;+2. The van der Waals surface area contributed by atoms with Gasteiger partial charge in [-0.15, -0.1) is 22.1 Å². The molecule has 14 aromatic rings. The van der Waals surface area contributed by atoms with Crippen LogP contribution in [0.3, 0.4) is 0 Å². The molecule has 0 fully saturated rings. The van der Waals surface area contributed by atoms with Crippen LogP contribution < -0.4 is 9.97 Å². The first-order valence-electron chi connectivity index (χ1n) is 28.2. The molecule has 4 heterocycles. The summed E-state index contributed by atoms with van der Waals surface area (Å²) >= 11 is 0. The van der Waals surface area contributed by atoms with Gasteiger partial charge in [0.1, 0.15) is 46.5 Å². The average Bonchev–Trinajstić information content (AvgIpc) is 1.58. The molecule has 89 heavy (non-hydrogen) atoms. The molecule has 17 rings (SSSR count). The van der Waals surface area contributed by atoms with Gasteiger partial charge in [0.2, 0.25) is 0 Å². The van der Waals surface area contributed by atoms with E-state index < -0.39 is 46.5 Å². The zero-order valence-corrected chi connectivity index (χ0v) is 49.3. The fourth-order valence-corrected chi connectivity index (χ4v) is 13.3. The summed E-state index contributed by atoms with van der Waals surface area (Å²) in [6.45, 7) is 0. The molecule has 1 aliphatic carbocycles. The molecule has 0 amide bonds. The third-order valence-electron chi connectivity index (χ3n) is 17.0. The predicted molar refractivity (Wildman–Crippen MR) is 334 cm³/mol. The molecule has 418 valence electrons. The maximum atomic E-state index is 16.4. The van der Waals surface area contributed by atoms with Crippen molar-refractivity contribution in [1.82, 2.24) is 19.9 Å². The van der Waals surface area contributed by atoms with E-state index in [0.29, 0.717) is 43.8 Å². The number of nitrogens with zero attached hydrogens (tertiary/aromatic N) is 4. The van der Waals surface area contributed by atoms with Crippen molar-refractivity contribution in [1.29, 1.82) is 0 Å². The van der Waals surface area contributed by atoms with Crippen molar-refractivity contribution >= 4 is 86.7 Å². The smallest absolute Gasteiger partial charge is 0.656 e. The summed E-state index contributed by atoms with van der Waals surface area (Å²) in [5, 5.41) is 7.67. The molecule has 12 aromatic carbocycles. The molecular formula is C76H36F8N4Zn. The van der Waals surface area contributed by atoms with Crippen molar-refractivity contribution in [2.24, 2.45) is 0 Å². The van der Waals surface area contributed by atoms with Gasteiger partial charge in [-0.05, 0) is 206 Å². The van der Waals surface area contributed by atoms with Gasteiger partial charge in [-0.2, -0.15) is 0 Å². The number of fused-ring (bicyclic) bond motifs is 4. The minimum atomic E-state index is -0.924. The fourth-order valence-electron chi connectivity index (χ4n) is 13.3. The SMILES string of the molecule is Fc1cc(F)cc(-c2c3nc(c(-c4cc(F)cc(F)c4)c4[n-]c(c(-c5cc(F)cc(F)c5)c5nc(c(-c6cc(F)cc(F)c6)c6[n-]c2c2cc7ccccc7cc62)-c2cc6ccccc6cc2-5)c2cc5ccccc5cc42)-c2cc4ccccc4cc2-3)c1.[Zn+2]. The number of benzene rings is 12. The van der Waals surface area contributed by atoms with Crippen LogP contribution in [0.5, 0.6) is 0 Å². The zero-order chi connectivity index (χ0) is 59.4. The van der Waals surface area contributed by atoms with Gasteiger partial charge in [-0.1, -0.05) is 97.1 Å². The summed E-state index contributed by atoms with van der Waals surface area (Å²) in [5.41, 5.74) is 3.45. The first kappa shape index (κ1) is 53.8. The Morgan fingerprint density at radius 2 is 0.404 bits per heavy atom. The average molecular weight is 1220 g/mol. The molecule has 3 aliphatic rings. The van der Waals surface area contributed by atoms with Crippen LogP contribution in [0.1, 0.15) is 0 Å². The minimum absolute atomic E-state index is 0. The third kappa shape index (κ3) is 8.66. The summed E-state index contributed by atoms with van der Waals surface area (Å²) in [4.78, 5) is 22.4. The molecule has 0 atom stereocenters. The van der Waals surface area contributed by atoms with Gasteiger partial charge < -0.3 is 9.97 Å². The van der Waals surface area contributed by atoms with Crippen molar-refractivity contribution in [2.75, 3.05) is 0 Å². The second kappa shape index (κ2) is 20.2. The van der Waals surface area contributed by atoms with Crippen molar-refractivity contribution in [3.05, 3.63) is 265 Å². The summed E-state index contributed by atoms with van der Waals surface area (Å²) < 4.78 is 131. The summed E-state index contributed by atoms with van der Waals surface area (Å²) in [6.07, 6.45) is 0. The fraction of sp³-hybridized carbons (Fsp3) is 0. The van der Waals surface area contributed by atoms with Crippen LogP contribution in [0.4, 0.5) is 35.1 Å². The zero-order valence-electron chi connectivity index (χ0n) is 46.3. The van der Waals surface area contributed by atoms with Gasteiger partial charge in [0.05, 0.1) is 22.8 Å². The van der Waals surface area contributed by atoms with Gasteiger partial charge in [-0.25, -0.2) is 45.1 Å². The molecule has 0 N–H and O–H groups in total. The predicted octanol–water partition coefficient (Wildman–Crippen LogP) is 20.9. The van der Waals surface area contributed by atoms with Gasteiger partial charge in [-0.3, -0.25) is 0 Å². The monoisotopic (exact) mass is 1220 g/mol. The van der Waals surface area contributed by atoms with E-state index in [0.717, 1.165) is 67.4 Å². The minimum Gasteiger partial charge on any atom is -0.656 e. The maximum Gasteiger partial charge on any atom is 2.00 e. The number of hydrogen-bond donors (Lipinski definition) is 0. The van der Waals surface area contributed by atoms with Crippen LogP contribution in [0, 0.1) is 46.5 Å². The quantitative estimate of drug-likeness (QED) is 0.130. The van der Waals surface area contributed by atoms with Crippen LogP contribution in [0.15, 0.2) is 218 Å². The van der Waals surface area contributed by atoms with E-state index in [-0.39, 0.29) is 109 Å². The summed E-state index contributed by atoms with van der Waals surface area (Å²) in [5.74, 6) is -7.39. The number of aromatic nitrogens is 4. The van der Waals surface area contributed by atoms with Crippen LogP contribution >= 0.6 is 0 Å². The summed E-state index contributed by atoms with van der Waals surface area (Å²) in [7, 11) is 0. The molecule has 0 unspecified atom stereocenters. The topological polar surface area (TPSA) is 54.0 Å². The van der Waals surface area contributed by atoms with E-state index >= 15 is 35.1 Å². The second-order valence-corrected chi connectivity index (χ2v) is 22.3. The Morgan fingerprint density at radius 3 is 0.596 bits per heavy atom. The van der Waals surface area contributed by atoms with E-state index in [4.69, 9.17) is 19.9 Å². The molecule has 8 bridgehead atoms. The second-order valence-electron chi connectivity index (χ2n) is 22.3. The number of rotatable bonds is 4. The first-order chi connectivity index (χ1) is 42.8. The van der Waals surface area contributed by atoms with E-state index in [1.165, 1.54) is 48.5 Å². The van der Waals surface area contributed by atoms with Crippen LogP contribution in [-0.4, -0.2) is 9.97 Å². The molecule has 13 heteroatoms. The molecule has 2 aromatic heterocycles. The van der Waals surface area contributed by atoms with Crippen molar-refractivity contribution in [3.8, 4) is 89.5 Å². The Labute approximate surface area is 512 Å². The van der Waals surface area contributed by atoms with Gasteiger partial charge in [0, 0.05) is 46.5 Å². The first-order valence-corrected chi connectivity index (χ1v) is 28.2. The third-order valence-corrected chi connectivity index (χ3v) is 17.0. The molecule has 0 saturated heterocycles. The molecule has 0 radical (unpaired) electrons. The van der Waals surface area contributed by atoms with Gasteiger partial charge in [0.25, 0.3) is 0 Å². The number of halogens is 8. The Morgan fingerprint density at radius 1 is 0.225 bits per heavy atom. The van der Waals surface area contributed by atoms with Gasteiger partial charge >= 0.3 is 19.5 Å². The maximum absolute atomic E-state index is 16.4. The summed E-state index contributed by atoms with van der Waals surface area (Å²) in [6, 6.07) is 57.7. The molecule has 0 saturated carbocycles. The molecule has 2 aliphatic heterocycles. The van der Waals surface area contributed by atoms with E-state index in [1.54, 1.807) is 0 Å². The van der Waals surface area contributed by atoms with Crippen LogP contribution in [-0.2, 0) is 19.5 Å². The largest absolute Gasteiger partial charge is 2.00 e. The van der Waals surface area contributed by atoms with E-state index in [2.05, 4.69) is 0 Å². The van der Waals surface area contributed by atoms with Crippen LogP contribution in [0.2, 0.25) is 0 Å². The van der Waals surface area contributed by atoms with Gasteiger partial charge in [0.15, 0.2) is 0 Å². The molecule has 0 spiro atoms. The number of hydrogen-bond acceptors (Lipinski definition) is 2. The Balaban J connectivity index is 0.00000636. The Hall–Kier alpha value is -10.6. The Bertz CT molecular complexity index is 5050. The van der Waals surface area contributed by atoms with Crippen molar-refractivity contribution in [3.63, 3.8) is 0 Å². The van der Waals surface area contributed by atoms with Crippen molar-refractivity contribution < 1.29 is 54.6 Å². The normalized spacial score (nSPS) is 12.0. The van der Waals surface area contributed by atoms with Crippen molar-refractivity contribution in [2.45, 2.75) is 0 Å².